The van der Waals surface area contributed by atoms with E-state index in [-0.39, 0.29) is 11.9 Å². The van der Waals surface area contributed by atoms with E-state index in [4.69, 9.17) is 0 Å². The molecule has 0 bridgehead atoms. The van der Waals surface area contributed by atoms with E-state index in [0.717, 1.165) is 35.4 Å². The predicted octanol–water partition coefficient (Wildman–Crippen LogP) is 4.34. The average Bonchev–Trinajstić information content (AvgIpc) is 3.23. The zero-order chi connectivity index (χ0) is 17.1. The van der Waals surface area contributed by atoms with Crippen molar-refractivity contribution in [2.75, 3.05) is 0 Å². The molecular weight excluding hydrogens is 300 g/mol. The Morgan fingerprint density at radius 2 is 1.92 bits per heavy atom. The van der Waals surface area contributed by atoms with Gasteiger partial charge in [0, 0.05) is 18.0 Å². The second-order valence-electron chi connectivity index (χ2n) is 6.12. The minimum Gasteiger partial charge on any atom is -0.244 e. The zero-order valence-corrected chi connectivity index (χ0v) is 14.3. The summed E-state index contributed by atoms with van der Waals surface area (Å²) in [5.41, 5.74) is 4.08. The van der Waals surface area contributed by atoms with E-state index in [0.29, 0.717) is 0 Å². The van der Waals surface area contributed by atoms with Crippen molar-refractivity contribution in [2.45, 2.75) is 39.5 Å². The average molecular weight is 322 g/mol. The molecule has 2 aromatic heterocycles. The Kier molecular flexibility index (Phi) is 4.60. The number of hydrogen-bond acceptors (Lipinski definition) is 3. The van der Waals surface area contributed by atoms with E-state index in [2.05, 4.69) is 43.1 Å². The van der Waals surface area contributed by atoms with Crippen LogP contribution in [0.25, 0.3) is 11.1 Å². The largest absolute Gasteiger partial charge is 0.369 e. The lowest BCUT2D eigenvalue weighted by molar-refractivity contribution is 0.237. The summed E-state index contributed by atoms with van der Waals surface area (Å²) in [5, 5.41) is 8.72. The van der Waals surface area contributed by atoms with Crippen LogP contribution in [0.3, 0.4) is 0 Å². The fourth-order valence-electron chi connectivity index (χ4n) is 2.97. The van der Waals surface area contributed by atoms with Gasteiger partial charge in [-0.2, -0.15) is 19.6 Å². The Bertz CT molecular complexity index is 817. The Hall–Kier alpha value is -2.69. The van der Waals surface area contributed by atoms with Crippen molar-refractivity contribution < 1.29 is 4.79 Å². The summed E-state index contributed by atoms with van der Waals surface area (Å²) in [6.07, 6.45) is 5.06. The molecule has 2 heterocycles. The molecule has 5 heteroatoms. The molecule has 0 atom stereocenters. The molecule has 0 amide bonds. The van der Waals surface area contributed by atoms with Gasteiger partial charge in [-0.05, 0) is 24.0 Å². The van der Waals surface area contributed by atoms with Gasteiger partial charge < -0.3 is 0 Å². The van der Waals surface area contributed by atoms with Gasteiger partial charge in [-0.15, -0.1) is 0 Å². The minimum absolute atomic E-state index is 0.165. The lowest BCUT2D eigenvalue weighted by Gasteiger charge is -2.12. The minimum atomic E-state index is -0.247. The molecule has 24 heavy (non-hydrogen) atoms. The van der Waals surface area contributed by atoms with E-state index < -0.39 is 0 Å². The van der Waals surface area contributed by atoms with E-state index in [1.807, 2.05) is 18.2 Å². The van der Waals surface area contributed by atoms with Crippen LogP contribution >= 0.6 is 0 Å². The normalized spacial score (nSPS) is 11.2. The van der Waals surface area contributed by atoms with E-state index in [9.17, 15) is 4.79 Å². The highest BCUT2D eigenvalue weighted by Crippen LogP contribution is 2.33. The molecule has 0 N–H and O–H groups in total. The van der Waals surface area contributed by atoms with Gasteiger partial charge in [0.15, 0.2) is 0 Å². The number of hydrogen-bond donors (Lipinski definition) is 0. The van der Waals surface area contributed by atoms with Crippen molar-refractivity contribution in [3.63, 3.8) is 0 Å². The molecule has 3 aromatic rings. The van der Waals surface area contributed by atoms with E-state index in [1.54, 1.807) is 18.5 Å². The van der Waals surface area contributed by atoms with Crippen molar-refractivity contribution in [3.05, 3.63) is 60.2 Å². The Morgan fingerprint density at radius 3 is 2.50 bits per heavy atom. The van der Waals surface area contributed by atoms with Gasteiger partial charge >= 0.3 is 6.03 Å². The van der Waals surface area contributed by atoms with Crippen LogP contribution in [0, 0.1) is 0 Å². The highest BCUT2D eigenvalue weighted by molar-refractivity contribution is 5.82. The molecular formula is C19H22N4O. The van der Waals surface area contributed by atoms with Gasteiger partial charge in [0.1, 0.15) is 0 Å². The quantitative estimate of drug-likeness (QED) is 0.718. The number of rotatable bonds is 4. The van der Waals surface area contributed by atoms with Crippen molar-refractivity contribution in [3.8, 4) is 11.1 Å². The first-order chi connectivity index (χ1) is 11.6. The number of carbonyl (C=O) groups excluding carboxylic acids is 1. The standard InChI is InChI=1S/C19H22N4O/c1-4-9-16-17(15-10-6-5-7-11-15)18(14(2)3)23(21-16)19(24)22-13-8-12-20-22/h5-8,10-14H,4,9H2,1-3H3. The topological polar surface area (TPSA) is 52.7 Å². The van der Waals surface area contributed by atoms with Gasteiger partial charge in [0.25, 0.3) is 0 Å². The number of aryl methyl sites for hydroxylation is 1. The van der Waals surface area contributed by atoms with Crippen molar-refractivity contribution >= 4 is 6.03 Å². The summed E-state index contributed by atoms with van der Waals surface area (Å²) < 4.78 is 2.84. The first-order valence-corrected chi connectivity index (χ1v) is 8.35. The summed E-state index contributed by atoms with van der Waals surface area (Å²) in [4.78, 5) is 12.8. The molecule has 0 aliphatic carbocycles. The van der Waals surface area contributed by atoms with E-state index in [1.165, 1.54) is 9.36 Å². The van der Waals surface area contributed by atoms with Crippen LogP contribution in [0.15, 0.2) is 48.8 Å². The third kappa shape index (κ3) is 2.89. The molecule has 5 nitrogen and oxygen atoms in total. The molecule has 0 spiro atoms. The fourth-order valence-corrected chi connectivity index (χ4v) is 2.97. The number of benzene rings is 1. The molecule has 0 saturated heterocycles. The third-order valence-electron chi connectivity index (χ3n) is 3.97. The van der Waals surface area contributed by atoms with E-state index >= 15 is 0 Å². The lowest BCUT2D eigenvalue weighted by Crippen LogP contribution is -2.23. The van der Waals surface area contributed by atoms with Crippen LogP contribution < -0.4 is 0 Å². The molecule has 0 saturated carbocycles. The number of nitrogens with zero attached hydrogens (tertiary/aromatic N) is 4. The maximum absolute atomic E-state index is 12.8. The van der Waals surface area contributed by atoms with Crippen LogP contribution in [-0.4, -0.2) is 25.6 Å². The zero-order valence-electron chi connectivity index (χ0n) is 14.3. The highest BCUT2D eigenvalue weighted by atomic mass is 16.2. The van der Waals surface area contributed by atoms with Gasteiger partial charge in [-0.1, -0.05) is 57.5 Å². The van der Waals surface area contributed by atoms with Crippen LogP contribution in [0.2, 0.25) is 0 Å². The van der Waals surface area contributed by atoms with Crippen molar-refractivity contribution in [2.24, 2.45) is 0 Å². The van der Waals surface area contributed by atoms with Gasteiger partial charge in [-0.3, -0.25) is 0 Å². The second kappa shape index (κ2) is 6.83. The molecule has 0 aliphatic heterocycles. The molecule has 0 fully saturated rings. The third-order valence-corrected chi connectivity index (χ3v) is 3.97. The number of aromatic nitrogens is 4. The lowest BCUT2D eigenvalue weighted by atomic mass is 9.96. The smallest absolute Gasteiger partial charge is 0.244 e. The SMILES string of the molecule is CCCc1nn(C(=O)n2cccn2)c(C(C)C)c1-c1ccccc1. The summed E-state index contributed by atoms with van der Waals surface area (Å²) in [6, 6.07) is 11.7. The molecule has 1 aromatic carbocycles. The van der Waals surface area contributed by atoms with Gasteiger partial charge in [0.2, 0.25) is 0 Å². The van der Waals surface area contributed by atoms with Gasteiger partial charge in [0.05, 0.1) is 11.4 Å². The Labute approximate surface area is 141 Å². The molecule has 0 radical (unpaired) electrons. The second-order valence-corrected chi connectivity index (χ2v) is 6.12. The molecule has 124 valence electrons. The number of carbonyl (C=O) groups is 1. The van der Waals surface area contributed by atoms with Crippen molar-refractivity contribution in [1.29, 1.82) is 0 Å². The van der Waals surface area contributed by atoms with Crippen LogP contribution in [-0.2, 0) is 6.42 Å². The maximum Gasteiger partial charge on any atom is 0.369 e. The van der Waals surface area contributed by atoms with Crippen molar-refractivity contribution in [1.82, 2.24) is 19.6 Å². The molecule has 0 unspecified atom stereocenters. The first kappa shape index (κ1) is 16.2. The fraction of sp³-hybridized carbons (Fsp3) is 0.316. The predicted molar refractivity (Wildman–Crippen MR) is 94.2 cm³/mol. The van der Waals surface area contributed by atoms with Crippen LogP contribution in [0.1, 0.15) is 44.5 Å². The molecule has 3 rings (SSSR count). The van der Waals surface area contributed by atoms with Crippen LogP contribution in [0.5, 0.6) is 0 Å². The Balaban J connectivity index is 2.22. The van der Waals surface area contributed by atoms with Gasteiger partial charge in [-0.25, -0.2) is 4.79 Å². The first-order valence-electron chi connectivity index (χ1n) is 8.35. The monoisotopic (exact) mass is 322 g/mol. The summed E-state index contributed by atoms with van der Waals surface area (Å²) >= 11 is 0. The summed E-state index contributed by atoms with van der Waals surface area (Å²) in [5.74, 6) is 0.165. The molecule has 0 aliphatic rings. The maximum atomic E-state index is 12.8. The summed E-state index contributed by atoms with van der Waals surface area (Å²) in [7, 11) is 0. The Morgan fingerprint density at radius 1 is 1.17 bits per heavy atom. The summed E-state index contributed by atoms with van der Waals surface area (Å²) in [6.45, 7) is 6.30. The highest BCUT2D eigenvalue weighted by Gasteiger charge is 2.25. The van der Waals surface area contributed by atoms with Crippen LogP contribution in [0.4, 0.5) is 4.79 Å².